The molecular formula is C12H17FN2. The first-order chi connectivity index (χ1) is 7.08. The van der Waals surface area contributed by atoms with E-state index in [1.807, 2.05) is 6.07 Å². The fourth-order valence-electron chi connectivity index (χ4n) is 1.99. The first-order valence-electron chi connectivity index (χ1n) is 5.38. The molecule has 1 aromatic carbocycles. The molecule has 2 N–H and O–H groups in total. The molecule has 1 fully saturated rings. The topological polar surface area (TPSA) is 29.3 Å². The lowest BCUT2D eigenvalue weighted by molar-refractivity contribution is 0.514. The summed E-state index contributed by atoms with van der Waals surface area (Å²) in [7, 11) is 0. The Morgan fingerprint density at radius 3 is 2.60 bits per heavy atom. The van der Waals surface area contributed by atoms with Crippen molar-refractivity contribution in [2.75, 3.05) is 18.0 Å². The second kappa shape index (κ2) is 3.81. The van der Waals surface area contributed by atoms with Gasteiger partial charge in [0.25, 0.3) is 0 Å². The fraction of sp³-hybridized carbons (Fsp3) is 0.500. The first-order valence-corrected chi connectivity index (χ1v) is 5.38. The Morgan fingerprint density at radius 2 is 2.07 bits per heavy atom. The molecule has 0 atom stereocenters. The number of hydrogen-bond acceptors (Lipinski definition) is 2. The molecule has 0 aliphatic carbocycles. The molecule has 0 amide bonds. The Labute approximate surface area is 89.9 Å². The van der Waals surface area contributed by atoms with Crippen molar-refractivity contribution in [1.82, 2.24) is 0 Å². The zero-order valence-electron chi connectivity index (χ0n) is 9.20. The molecule has 1 heterocycles. The first kappa shape index (κ1) is 10.4. The van der Waals surface area contributed by atoms with Crippen LogP contribution in [-0.2, 0) is 0 Å². The van der Waals surface area contributed by atoms with Crippen LogP contribution < -0.4 is 10.6 Å². The minimum absolute atomic E-state index is 0.171. The van der Waals surface area contributed by atoms with Gasteiger partial charge in [-0.3, -0.25) is 0 Å². The van der Waals surface area contributed by atoms with Crippen LogP contribution in [0.3, 0.4) is 0 Å². The van der Waals surface area contributed by atoms with Crippen LogP contribution in [0.1, 0.15) is 25.3 Å². The summed E-state index contributed by atoms with van der Waals surface area (Å²) in [5.41, 5.74) is 7.94. The van der Waals surface area contributed by atoms with Gasteiger partial charge in [0.2, 0.25) is 0 Å². The van der Waals surface area contributed by atoms with Crippen molar-refractivity contribution < 1.29 is 4.39 Å². The number of nitrogens with two attached hydrogens (primary N) is 1. The maximum absolute atomic E-state index is 13.2. The van der Waals surface area contributed by atoms with Crippen molar-refractivity contribution in [2.45, 2.75) is 25.8 Å². The molecule has 82 valence electrons. The van der Waals surface area contributed by atoms with E-state index in [4.69, 9.17) is 5.73 Å². The van der Waals surface area contributed by atoms with E-state index in [1.54, 1.807) is 6.07 Å². The lowest BCUT2D eigenvalue weighted by Gasteiger charge is -2.40. The molecule has 0 bridgehead atoms. The van der Waals surface area contributed by atoms with Crippen molar-refractivity contribution in [2.24, 2.45) is 5.73 Å². The van der Waals surface area contributed by atoms with Gasteiger partial charge in [-0.15, -0.1) is 0 Å². The van der Waals surface area contributed by atoms with E-state index in [2.05, 4.69) is 18.7 Å². The van der Waals surface area contributed by atoms with Crippen LogP contribution in [0.25, 0.3) is 0 Å². The molecule has 1 saturated heterocycles. The molecule has 1 aromatic rings. The third-order valence-electron chi connectivity index (χ3n) is 2.86. The maximum atomic E-state index is 13.2. The lowest BCUT2D eigenvalue weighted by atomic mass is 9.97. The van der Waals surface area contributed by atoms with Crippen molar-refractivity contribution >= 4 is 5.69 Å². The molecular weight excluding hydrogens is 191 g/mol. The van der Waals surface area contributed by atoms with Gasteiger partial charge in [0.15, 0.2) is 0 Å². The minimum Gasteiger partial charge on any atom is -0.368 e. The zero-order valence-corrected chi connectivity index (χ0v) is 9.20. The van der Waals surface area contributed by atoms with Gasteiger partial charge in [-0.2, -0.15) is 0 Å². The number of benzene rings is 1. The third kappa shape index (κ3) is 1.97. The molecule has 0 radical (unpaired) electrons. The van der Waals surface area contributed by atoms with Crippen LogP contribution in [0.2, 0.25) is 0 Å². The quantitative estimate of drug-likeness (QED) is 0.806. The fourth-order valence-corrected chi connectivity index (χ4v) is 1.99. The highest BCUT2D eigenvalue weighted by atomic mass is 19.1. The summed E-state index contributed by atoms with van der Waals surface area (Å²) < 4.78 is 13.2. The second-order valence-corrected chi connectivity index (χ2v) is 4.52. The second-order valence-electron chi connectivity index (χ2n) is 4.52. The van der Waals surface area contributed by atoms with E-state index < -0.39 is 0 Å². The smallest absolute Gasteiger partial charge is 0.125 e. The van der Waals surface area contributed by atoms with Gasteiger partial charge in [0, 0.05) is 24.8 Å². The minimum atomic E-state index is -0.171. The van der Waals surface area contributed by atoms with Gasteiger partial charge in [-0.25, -0.2) is 4.39 Å². The standard InChI is InChI=1S/C12H17FN2/c1-8(2)11-4-3-9(13)5-12(11)15-6-10(14)7-15/h3-5,8,10H,6-7,14H2,1-2H3. The molecule has 0 spiro atoms. The van der Waals surface area contributed by atoms with Crippen molar-refractivity contribution in [1.29, 1.82) is 0 Å². The van der Waals surface area contributed by atoms with Crippen LogP contribution in [0.15, 0.2) is 18.2 Å². The predicted octanol–water partition coefficient (Wildman–Crippen LogP) is 2.10. The third-order valence-corrected chi connectivity index (χ3v) is 2.86. The van der Waals surface area contributed by atoms with Crippen LogP contribution >= 0.6 is 0 Å². The summed E-state index contributed by atoms with van der Waals surface area (Å²) >= 11 is 0. The molecule has 1 aliphatic rings. The van der Waals surface area contributed by atoms with Gasteiger partial charge in [0.05, 0.1) is 0 Å². The SMILES string of the molecule is CC(C)c1ccc(F)cc1N1CC(N)C1. The van der Waals surface area contributed by atoms with Gasteiger partial charge in [-0.05, 0) is 23.6 Å². The van der Waals surface area contributed by atoms with Gasteiger partial charge in [0.1, 0.15) is 5.82 Å². The molecule has 0 saturated carbocycles. The largest absolute Gasteiger partial charge is 0.368 e. The zero-order chi connectivity index (χ0) is 11.0. The maximum Gasteiger partial charge on any atom is 0.125 e. The van der Waals surface area contributed by atoms with E-state index in [-0.39, 0.29) is 11.9 Å². The highest BCUT2D eigenvalue weighted by molar-refractivity contribution is 5.57. The highest BCUT2D eigenvalue weighted by Crippen LogP contribution is 2.30. The van der Waals surface area contributed by atoms with Crippen LogP contribution in [0.5, 0.6) is 0 Å². The summed E-state index contributed by atoms with van der Waals surface area (Å²) in [6.07, 6.45) is 0. The number of anilines is 1. The summed E-state index contributed by atoms with van der Waals surface area (Å²) in [4.78, 5) is 2.14. The molecule has 2 nitrogen and oxygen atoms in total. The predicted molar refractivity (Wildman–Crippen MR) is 60.7 cm³/mol. The Kier molecular flexibility index (Phi) is 2.65. The van der Waals surface area contributed by atoms with Gasteiger partial charge in [-0.1, -0.05) is 19.9 Å². The number of rotatable bonds is 2. The molecule has 3 heteroatoms. The summed E-state index contributed by atoms with van der Waals surface area (Å²) in [5.74, 6) is 0.243. The Bertz CT molecular complexity index is 357. The Hall–Kier alpha value is -1.09. The highest BCUT2D eigenvalue weighted by Gasteiger charge is 2.25. The number of nitrogens with zero attached hydrogens (tertiary/aromatic N) is 1. The summed E-state index contributed by atoms with van der Waals surface area (Å²) in [6.45, 7) is 5.92. The van der Waals surface area contributed by atoms with E-state index in [0.717, 1.165) is 18.8 Å². The molecule has 2 rings (SSSR count). The molecule has 15 heavy (non-hydrogen) atoms. The number of hydrogen-bond donors (Lipinski definition) is 1. The molecule has 1 aliphatic heterocycles. The average Bonchev–Trinajstić information content (AvgIpc) is 2.12. The average molecular weight is 208 g/mol. The van der Waals surface area contributed by atoms with Crippen molar-refractivity contribution in [3.63, 3.8) is 0 Å². The van der Waals surface area contributed by atoms with E-state index in [1.165, 1.54) is 11.6 Å². The molecule has 0 aromatic heterocycles. The summed E-state index contributed by atoms with van der Waals surface area (Å²) in [5, 5.41) is 0. The normalized spacial score (nSPS) is 17.0. The van der Waals surface area contributed by atoms with Crippen LogP contribution in [0.4, 0.5) is 10.1 Å². The van der Waals surface area contributed by atoms with Gasteiger partial charge < -0.3 is 10.6 Å². The van der Waals surface area contributed by atoms with Crippen molar-refractivity contribution in [3.05, 3.63) is 29.6 Å². The van der Waals surface area contributed by atoms with Gasteiger partial charge >= 0.3 is 0 Å². The van der Waals surface area contributed by atoms with E-state index in [9.17, 15) is 4.39 Å². The van der Waals surface area contributed by atoms with Crippen LogP contribution in [0, 0.1) is 5.82 Å². The van der Waals surface area contributed by atoms with E-state index in [0.29, 0.717) is 5.92 Å². The van der Waals surface area contributed by atoms with Crippen molar-refractivity contribution in [3.8, 4) is 0 Å². The Morgan fingerprint density at radius 1 is 1.40 bits per heavy atom. The number of halogens is 1. The van der Waals surface area contributed by atoms with Crippen LogP contribution in [-0.4, -0.2) is 19.1 Å². The molecule has 0 unspecified atom stereocenters. The monoisotopic (exact) mass is 208 g/mol. The summed E-state index contributed by atoms with van der Waals surface area (Å²) in [6, 6.07) is 5.26. The Balaban J connectivity index is 2.31. The van der Waals surface area contributed by atoms with E-state index >= 15 is 0 Å². The lowest BCUT2D eigenvalue weighted by Crippen LogP contribution is -2.56.